The predicted molar refractivity (Wildman–Crippen MR) is 103 cm³/mol. The zero-order valence-corrected chi connectivity index (χ0v) is 15.4. The number of aryl methyl sites for hydroxylation is 1. The number of anilines is 1. The average molecular weight is 397 g/mol. The summed E-state index contributed by atoms with van der Waals surface area (Å²) in [6.07, 6.45) is 1.04. The molecule has 3 aromatic rings. The van der Waals surface area contributed by atoms with E-state index in [-0.39, 0.29) is 5.91 Å². The molecule has 148 valence electrons. The first-order chi connectivity index (χ1) is 13.9. The highest BCUT2D eigenvalue weighted by atomic mass is 19.4. The molecule has 29 heavy (non-hydrogen) atoms. The molecule has 0 radical (unpaired) electrons. The molecule has 0 bridgehead atoms. The number of aromatic nitrogens is 2. The molecular formula is C22H18F3N3O. The molecule has 0 fully saturated rings. The van der Waals surface area contributed by atoms with Gasteiger partial charge in [0.1, 0.15) is 0 Å². The largest absolute Gasteiger partial charge is 0.416 e. The van der Waals surface area contributed by atoms with Gasteiger partial charge >= 0.3 is 6.18 Å². The smallest absolute Gasteiger partial charge is 0.324 e. The number of benzene rings is 1. The third-order valence-electron chi connectivity index (χ3n) is 5.01. The van der Waals surface area contributed by atoms with E-state index in [0.717, 1.165) is 30.5 Å². The lowest BCUT2D eigenvalue weighted by Crippen LogP contribution is -2.26. The van der Waals surface area contributed by atoms with Gasteiger partial charge in [-0.3, -0.25) is 14.8 Å². The number of carbonyl (C=O) groups is 1. The summed E-state index contributed by atoms with van der Waals surface area (Å²) in [6.45, 7) is 0. The van der Waals surface area contributed by atoms with Gasteiger partial charge in [0.25, 0.3) is 0 Å². The minimum absolute atomic E-state index is 0.187. The first-order valence-electron chi connectivity index (χ1n) is 9.30. The van der Waals surface area contributed by atoms with Crippen molar-refractivity contribution in [2.45, 2.75) is 31.4 Å². The topological polar surface area (TPSA) is 54.9 Å². The van der Waals surface area contributed by atoms with Crippen molar-refractivity contribution in [3.63, 3.8) is 0 Å². The Morgan fingerprint density at radius 2 is 1.97 bits per heavy atom. The summed E-state index contributed by atoms with van der Waals surface area (Å²) in [5, 5.41) is 2.85. The third kappa shape index (κ3) is 4.13. The Hall–Kier alpha value is -3.22. The van der Waals surface area contributed by atoms with Crippen LogP contribution in [-0.4, -0.2) is 15.9 Å². The van der Waals surface area contributed by atoms with Crippen LogP contribution in [0.3, 0.4) is 0 Å². The lowest BCUT2D eigenvalue weighted by molar-refractivity contribution is -0.137. The number of pyridine rings is 2. The van der Waals surface area contributed by atoms with Crippen molar-refractivity contribution >= 4 is 11.6 Å². The van der Waals surface area contributed by atoms with Crippen LogP contribution in [0, 0.1) is 0 Å². The van der Waals surface area contributed by atoms with Gasteiger partial charge < -0.3 is 5.32 Å². The summed E-state index contributed by atoms with van der Waals surface area (Å²) in [6, 6.07) is 12.1. The monoisotopic (exact) mass is 397 g/mol. The number of nitrogens with one attached hydrogen (secondary N) is 1. The van der Waals surface area contributed by atoms with Gasteiger partial charge in [0.15, 0.2) is 0 Å². The maximum absolute atomic E-state index is 13.1. The van der Waals surface area contributed by atoms with Crippen molar-refractivity contribution in [2.24, 2.45) is 0 Å². The second-order valence-electron chi connectivity index (χ2n) is 7.00. The third-order valence-corrected chi connectivity index (χ3v) is 5.01. The summed E-state index contributed by atoms with van der Waals surface area (Å²) in [5.74, 6) is -0.641. The molecule has 0 saturated carbocycles. The number of nitrogens with zero attached hydrogens (tertiary/aromatic N) is 2. The van der Waals surface area contributed by atoms with E-state index in [4.69, 9.17) is 0 Å². The van der Waals surface area contributed by atoms with Crippen molar-refractivity contribution in [3.05, 3.63) is 77.7 Å². The zero-order chi connectivity index (χ0) is 20.4. The summed E-state index contributed by atoms with van der Waals surface area (Å²) in [5.41, 5.74) is 2.26. The zero-order valence-electron chi connectivity index (χ0n) is 15.4. The number of amides is 1. The molecular weight excluding hydrogens is 379 g/mol. The molecule has 0 spiro atoms. The van der Waals surface area contributed by atoms with Gasteiger partial charge in [0.2, 0.25) is 5.91 Å². The first-order valence-corrected chi connectivity index (χ1v) is 9.30. The number of hydrogen-bond acceptors (Lipinski definition) is 3. The molecule has 4 rings (SSSR count). The van der Waals surface area contributed by atoms with Crippen LogP contribution in [0.4, 0.5) is 18.9 Å². The molecule has 1 aliphatic rings. The minimum atomic E-state index is -4.42. The highest BCUT2D eigenvalue weighted by Crippen LogP contribution is 2.35. The van der Waals surface area contributed by atoms with E-state index in [9.17, 15) is 18.0 Å². The minimum Gasteiger partial charge on any atom is -0.324 e. The highest BCUT2D eigenvalue weighted by Gasteiger charge is 2.31. The van der Waals surface area contributed by atoms with Crippen molar-refractivity contribution in [1.82, 2.24) is 9.97 Å². The van der Waals surface area contributed by atoms with Crippen LogP contribution < -0.4 is 5.32 Å². The van der Waals surface area contributed by atoms with Gasteiger partial charge in [-0.1, -0.05) is 18.2 Å². The summed E-state index contributed by atoms with van der Waals surface area (Å²) in [4.78, 5) is 21.4. The summed E-state index contributed by atoms with van der Waals surface area (Å²) >= 11 is 0. The molecule has 2 heterocycles. The van der Waals surface area contributed by atoms with Gasteiger partial charge in [0, 0.05) is 11.8 Å². The Labute approximate surface area is 165 Å². The van der Waals surface area contributed by atoms with Crippen molar-refractivity contribution in [3.8, 4) is 11.3 Å². The number of fused-ring (bicyclic) bond motifs is 1. The molecule has 1 aliphatic carbocycles. The van der Waals surface area contributed by atoms with Gasteiger partial charge in [-0.2, -0.15) is 13.2 Å². The fourth-order valence-corrected chi connectivity index (χ4v) is 3.59. The molecule has 0 saturated heterocycles. The molecule has 0 aliphatic heterocycles. The number of hydrogen-bond donors (Lipinski definition) is 1. The summed E-state index contributed by atoms with van der Waals surface area (Å²) in [7, 11) is 0. The van der Waals surface area contributed by atoms with Crippen LogP contribution in [0.1, 0.15) is 35.6 Å². The summed E-state index contributed by atoms with van der Waals surface area (Å²) < 4.78 is 39.2. The predicted octanol–water partition coefficient (Wildman–Crippen LogP) is 5.22. The van der Waals surface area contributed by atoms with Crippen molar-refractivity contribution < 1.29 is 18.0 Å². The Balaban J connectivity index is 1.66. The van der Waals surface area contributed by atoms with E-state index < -0.39 is 17.7 Å². The fraction of sp³-hybridized carbons (Fsp3) is 0.227. The molecule has 7 heteroatoms. The van der Waals surface area contributed by atoms with E-state index in [1.165, 1.54) is 6.07 Å². The fourth-order valence-electron chi connectivity index (χ4n) is 3.59. The van der Waals surface area contributed by atoms with E-state index >= 15 is 0 Å². The van der Waals surface area contributed by atoms with Gasteiger partial charge in [0.05, 0.1) is 34.8 Å². The quantitative estimate of drug-likeness (QED) is 0.659. The molecule has 1 atom stereocenters. The van der Waals surface area contributed by atoms with Crippen LogP contribution in [0.15, 0.2) is 60.9 Å². The lowest BCUT2D eigenvalue weighted by Gasteiger charge is -2.24. The highest BCUT2D eigenvalue weighted by molar-refractivity contribution is 5.95. The maximum atomic E-state index is 13.1. The molecule has 4 nitrogen and oxygen atoms in total. The lowest BCUT2D eigenvalue weighted by atomic mass is 9.85. The second kappa shape index (κ2) is 7.66. The van der Waals surface area contributed by atoms with Crippen LogP contribution in [0.2, 0.25) is 0 Å². The van der Waals surface area contributed by atoms with Crippen LogP contribution in [0.25, 0.3) is 11.3 Å². The van der Waals surface area contributed by atoms with Crippen LogP contribution in [-0.2, 0) is 17.4 Å². The van der Waals surface area contributed by atoms with E-state index in [1.54, 1.807) is 36.7 Å². The molecule has 1 amide bonds. The normalized spacial score (nSPS) is 16.2. The Bertz CT molecular complexity index is 1030. The van der Waals surface area contributed by atoms with Crippen molar-refractivity contribution in [2.75, 3.05) is 5.32 Å². The van der Waals surface area contributed by atoms with Crippen LogP contribution in [0.5, 0.6) is 0 Å². The van der Waals surface area contributed by atoms with Gasteiger partial charge in [-0.25, -0.2) is 0 Å². The first kappa shape index (κ1) is 19.1. The van der Waals surface area contributed by atoms with E-state index in [2.05, 4.69) is 15.3 Å². The van der Waals surface area contributed by atoms with E-state index in [1.807, 2.05) is 6.07 Å². The molecule has 1 unspecified atom stereocenters. The molecule has 1 N–H and O–H groups in total. The second-order valence-corrected chi connectivity index (χ2v) is 7.00. The van der Waals surface area contributed by atoms with Gasteiger partial charge in [-0.15, -0.1) is 0 Å². The number of carbonyl (C=O) groups excluding carboxylic acids is 1. The molecule has 1 aromatic carbocycles. The maximum Gasteiger partial charge on any atom is 0.416 e. The standard InChI is InChI=1S/C22H18F3N3O/c23-22(24,25)16-6-1-5-15(12-16)19-10-9-14-4-2-8-18(20(14)28-19)21(29)27-17-7-3-11-26-13-17/h1,3,5-7,9-13,18H,2,4,8H2,(H,27,29). The number of rotatable bonds is 3. The Kier molecular flexibility index (Phi) is 5.05. The average Bonchev–Trinajstić information content (AvgIpc) is 2.73. The molecule has 2 aromatic heterocycles. The van der Waals surface area contributed by atoms with Crippen LogP contribution >= 0.6 is 0 Å². The van der Waals surface area contributed by atoms with E-state index in [0.29, 0.717) is 29.1 Å². The van der Waals surface area contributed by atoms with Gasteiger partial charge in [-0.05, 0) is 55.2 Å². The SMILES string of the molecule is O=C(Nc1cccnc1)C1CCCc2ccc(-c3cccc(C(F)(F)F)c3)nc21. The Morgan fingerprint density at radius 3 is 2.72 bits per heavy atom. The number of halogens is 3. The number of alkyl halides is 3. The Morgan fingerprint density at radius 1 is 1.10 bits per heavy atom. The van der Waals surface area contributed by atoms with Crippen molar-refractivity contribution in [1.29, 1.82) is 0 Å².